The molecule has 0 unspecified atom stereocenters. The highest BCUT2D eigenvalue weighted by Gasteiger charge is 2.29. The molecule has 0 spiro atoms. The molecule has 0 saturated heterocycles. The number of hydrogen-bond donors (Lipinski definition) is 3. The lowest BCUT2D eigenvalue weighted by molar-refractivity contribution is -0.113. The molecule has 0 bridgehead atoms. The highest BCUT2D eigenvalue weighted by molar-refractivity contribution is 8.00. The van der Waals surface area contributed by atoms with Crippen molar-refractivity contribution >= 4 is 87.3 Å². The van der Waals surface area contributed by atoms with Crippen LogP contribution in [-0.2, 0) is 4.79 Å². The van der Waals surface area contributed by atoms with Crippen molar-refractivity contribution in [3.63, 3.8) is 0 Å². The fourth-order valence-corrected chi connectivity index (χ4v) is 4.68. The van der Waals surface area contributed by atoms with E-state index in [1.165, 1.54) is 24.3 Å². The van der Waals surface area contributed by atoms with Crippen molar-refractivity contribution < 1.29 is 37.1 Å². The zero-order chi connectivity index (χ0) is 27.6. The summed E-state index contributed by atoms with van der Waals surface area (Å²) in [5, 5.41) is 12.1. The highest BCUT2D eigenvalue weighted by atomic mass is 35.5. The first-order chi connectivity index (χ1) is 17.3. The van der Waals surface area contributed by atoms with Crippen molar-refractivity contribution in [2.75, 3.05) is 16.4 Å². The Morgan fingerprint density at radius 1 is 0.811 bits per heavy atom. The maximum absolute atomic E-state index is 13.7. The summed E-state index contributed by atoms with van der Waals surface area (Å²) in [4.78, 5) is 37.0. The van der Waals surface area contributed by atoms with Gasteiger partial charge in [0.1, 0.15) is 5.69 Å². The van der Waals surface area contributed by atoms with Crippen LogP contribution in [0.1, 0.15) is 20.7 Å². The van der Waals surface area contributed by atoms with Gasteiger partial charge in [-0.15, -0.1) is 11.8 Å². The second-order valence-corrected chi connectivity index (χ2v) is 9.53. The molecule has 0 aliphatic rings. The summed E-state index contributed by atoms with van der Waals surface area (Å²) in [7, 11) is 0. The molecular formula is C22H10Cl4F4N2O4S. The molecule has 3 rings (SSSR count). The van der Waals surface area contributed by atoms with Crippen molar-refractivity contribution in [3.8, 4) is 0 Å². The van der Waals surface area contributed by atoms with Gasteiger partial charge in [-0.1, -0.05) is 52.5 Å². The van der Waals surface area contributed by atoms with Crippen LogP contribution in [0.15, 0.2) is 35.2 Å². The largest absolute Gasteiger partial charge is 0.478 e. The topological polar surface area (TPSA) is 95.5 Å². The third-order valence-corrected chi connectivity index (χ3v) is 7.34. The van der Waals surface area contributed by atoms with Gasteiger partial charge in [0.25, 0.3) is 5.91 Å². The van der Waals surface area contributed by atoms with E-state index in [0.717, 1.165) is 11.8 Å². The Bertz CT molecular complexity index is 1430. The van der Waals surface area contributed by atoms with Gasteiger partial charge >= 0.3 is 5.97 Å². The van der Waals surface area contributed by atoms with E-state index in [4.69, 9.17) is 46.4 Å². The van der Waals surface area contributed by atoms with E-state index in [1.807, 2.05) is 0 Å². The SMILES string of the molecule is O=C(CSc1cccc(NC(=O)c2c(Cl)c(Cl)c(Cl)c(Cl)c2C(=O)O)c1)Nc1c(F)c(F)cc(F)c1F. The van der Waals surface area contributed by atoms with Gasteiger partial charge in [-0.05, 0) is 18.2 Å². The normalized spacial score (nSPS) is 10.8. The van der Waals surface area contributed by atoms with Gasteiger partial charge in [-0.2, -0.15) is 0 Å². The number of hydrogen-bond acceptors (Lipinski definition) is 4. The van der Waals surface area contributed by atoms with Gasteiger partial charge in [0.2, 0.25) is 5.91 Å². The Morgan fingerprint density at radius 3 is 1.95 bits per heavy atom. The number of benzene rings is 3. The first-order valence-electron chi connectivity index (χ1n) is 9.59. The number of carbonyl (C=O) groups excluding carboxylic acids is 2. The first-order valence-corrected chi connectivity index (χ1v) is 12.1. The molecule has 0 atom stereocenters. The van der Waals surface area contributed by atoms with Crippen LogP contribution in [0.2, 0.25) is 20.1 Å². The summed E-state index contributed by atoms with van der Waals surface area (Å²) in [6.45, 7) is 0. The monoisotopic (exact) mass is 614 g/mol. The Balaban J connectivity index is 1.76. The molecule has 0 aromatic heterocycles. The van der Waals surface area contributed by atoms with Crippen LogP contribution in [0.5, 0.6) is 0 Å². The lowest BCUT2D eigenvalue weighted by Gasteiger charge is -2.14. The number of nitrogens with one attached hydrogen (secondary N) is 2. The Hall–Kier alpha value is -2.70. The van der Waals surface area contributed by atoms with Crippen LogP contribution in [0.3, 0.4) is 0 Å². The molecule has 3 N–H and O–H groups in total. The van der Waals surface area contributed by atoms with E-state index < -0.39 is 73.7 Å². The van der Waals surface area contributed by atoms with Crippen LogP contribution in [0, 0.1) is 23.3 Å². The van der Waals surface area contributed by atoms with Gasteiger partial charge in [0.15, 0.2) is 23.3 Å². The number of thioether (sulfide) groups is 1. The number of carboxylic acid groups (broad SMARTS) is 1. The molecule has 3 aromatic carbocycles. The van der Waals surface area contributed by atoms with Gasteiger partial charge in [-0.3, -0.25) is 9.59 Å². The van der Waals surface area contributed by atoms with Gasteiger partial charge in [-0.25, -0.2) is 22.4 Å². The predicted molar refractivity (Wildman–Crippen MR) is 133 cm³/mol. The number of carboxylic acids is 1. The molecule has 15 heteroatoms. The summed E-state index contributed by atoms with van der Waals surface area (Å²) in [6.07, 6.45) is 0. The molecular weight excluding hydrogens is 606 g/mol. The number of aromatic carboxylic acids is 1. The first kappa shape index (κ1) is 28.9. The van der Waals surface area contributed by atoms with Crippen molar-refractivity contribution in [3.05, 3.63) is 84.8 Å². The lowest BCUT2D eigenvalue weighted by atomic mass is 10.1. The standard InChI is InChI=1S/C22H10Cl4F4N2O4S/c23-14-12(13(22(35)36)15(24)17(26)16(14)25)21(34)31-7-2-1-3-8(4-7)37-6-11(33)32-20-18(29)9(27)5-10(28)19(20)30/h1-5H,6H2,(H,31,34)(H,32,33)(H,35,36). The minimum absolute atomic E-state index is 0.00734. The Kier molecular flexibility index (Phi) is 9.19. The number of rotatable bonds is 7. The van der Waals surface area contributed by atoms with E-state index in [-0.39, 0.29) is 21.8 Å². The lowest BCUT2D eigenvalue weighted by Crippen LogP contribution is -2.18. The van der Waals surface area contributed by atoms with Crippen LogP contribution in [0.4, 0.5) is 28.9 Å². The fourth-order valence-electron chi connectivity index (χ4n) is 2.91. The van der Waals surface area contributed by atoms with Gasteiger partial charge in [0.05, 0.1) is 37.0 Å². The Morgan fingerprint density at radius 2 is 1.38 bits per heavy atom. The van der Waals surface area contributed by atoms with Crippen molar-refractivity contribution in [1.82, 2.24) is 0 Å². The molecule has 0 aliphatic heterocycles. The van der Waals surface area contributed by atoms with Crippen LogP contribution >= 0.6 is 58.2 Å². The minimum atomic E-state index is -1.76. The summed E-state index contributed by atoms with van der Waals surface area (Å²) < 4.78 is 54.1. The van der Waals surface area contributed by atoms with E-state index in [9.17, 15) is 37.1 Å². The summed E-state index contributed by atoms with van der Waals surface area (Å²) >= 11 is 24.7. The molecule has 0 radical (unpaired) electrons. The average molecular weight is 616 g/mol. The summed E-state index contributed by atoms with van der Waals surface area (Å²) in [5.41, 5.74) is -2.35. The minimum Gasteiger partial charge on any atom is -0.478 e. The van der Waals surface area contributed by atoms with E-state index in [2.05, 4.69) is 5.32 Å². The van der Waals surface area contributed by atoms with Crippen LogP contribution < -0.4 is 10.6 Å². The molecule has 0 saturated carbocycles. The summed E-state index contributed by atoms with van der Waals surface area (Å²) in [5.74, 6) is -10.9. The zero-order valence-corrected chi connectivity index (χ0v) is 21.5. The second-order valence-electron chi connectivity index (χ2n) is 6.97. The Labute approximate surface area is 229 Å². The molecule has 194 valence electrons. The molecule has 6 nitrogen and oxygen atoms in total. The number of halogens is 8. The third kappa shape index (κ3) is 6.24. The highest BCUT2D eigenvalue weighted by Crippen LogP contribution is 2.42. The molecule has 0 fully saturated rings. The average Bonchev–Trinajstić information content (AvgIpc) is 2.84. The van der Waals surface area contributed by atoms with E-state index in [1.54, 1.807) is 5.32 Å². The maximum atomic E-state index is 13.7. The number of anilines is 2. The zero-order valence-electron chi connectivity index (χ0n) is 17.7. The van der Waals surface area contributed by atoms with Crippen molar-refractivity contribution in [1.29, 1.82) is 0 Å². The molecule has 2 amide bonds. The fraction of sp³-hybridized carbons (Fsp3) is 0.0455. The summed E-state index contributed by atoms with van der Waals surface area (Å²) in [6, 6.07) is 5.80. The number of carbonyl (C=O) groups is 3. The molecule has 37 heavy (non-hydrogen) atoms. The quantitative estimate of drug-likeness (QED) is 0.110. The third-order valence-electron chi connectivity index (χ3n) is 4.55. The van der Waals surface area contributed by atoms with Crippen LogP contribution in [0.25, 0.3) is 0 Å². The van der Waals surface area contributed by atoms with Gasteiger partial charge in [0, 0.05) is 16.6 Å². The van der Waals surface area contributed by atoms with Crippen LogP contribution in [-0.4, -0.2) is 28.6 Å². The molecule has 3 aromatic rings. The van der Waals surface area contributed by atoms with E-state index in [0.29, 0.717) is 4.90 Å². The smallest absolute Gasteiger partial charge is 0.338 e. The van der Waals surface area contributed by atoms with Crippen molar-refractivity contribution in [2.24, 2.45) is 0 Å². The van der Waals surface area contributed by atoms with Gasteiger partial charge < -0.3 is 15.7 Å². The van der Waals surface area contributed by atoms with E-state index >= 15 is 0 Å². The molecule has 0 aliphatic carbocycles. The predicted octanol–water partition coefficient (Wildman–Crippen LogP) is 7.54. The number of amides is 2. The second kappa shape index (κ2) is 11.8. The molecule has 0 heterocycles. The maximum Gasteiger partial charge on any atom is 0.338 e. The van der Waals surface area contributed by atoms with Crippen molar-refractivity contribution in [2.45, 2.75) is 4.90 Å².